The van der Waals surface area contributed by atoms with Crippen LogP contribution >= 0.6 is 0 Å². The van der Waals surface area contributed by atoms with Crippen LogP contribution in [0, 0.1) is 6.92 Å². The van der Waals surface area contributed by atoms with Gasteiger partial charge in [0.1, 0.15) is 0 Å². The third kappa shape index (κ3) is 4.35. The number of aryl methyl sites for hydroxylation is 1. The van der Waals surface area contributed by atoms with Crippen LogP contribution < -0.4 is 5.73 Å². The highest BCUT2D eigenvalue weighted by Crippen LogP contribution is 2.11. The molecule has 0 saturated heterocycles. The Morgan fingerprint density at radius 2 is 1.80 bits per heavy atom. The minimum Gasteiger partial charge on any atom is -0.399 e. The molecule has 2 rings (SSSR count). The second kappa shape index (κ2) is 7.06. The van der Waals surface area contributed by atoms with Gasteiger partial charge in [-0.2, -0.15) is 0 Å². The lowest BCUT2D eigenvalue weighted by molar-refractivity contribution is 0.254. The first kappa shape index (κ1) is 14.5. The van der Waals surface area contributed by atoms with E-state index in [-0.39, 0.29) is 0 Å². The zero-order valence-electron chi connectivity index (χ0n) is 12.3. The van der Waals surface area contributed by atoms with Crippen molar-refractivity contribution in [1.29, 1.82) is 0 Å². The van der Waals surface area contributed by atoms with Crippen molar-refractivity contribution in [2.45, 2.75) is 33.4 Å². The van der Waals surface area contributed by atoms with Gasteiger partial charge in [-0.15, -0.1) is 0 Å². The summed E-state index contributed by atoms with van der Waals surface area (Å²) >= 11 is 0. The molecule has 3 heteroatoms. The van der Waals surface area contributed by atoms with E-state index in [4.69, 9.17) is 5.73 Å². The Morgan fingerprint density at radius 3 is 2.45 bits per heavy atom. The molecule has 0 bridgehead atoms. The van der Waals surface area contributed by atoms with Gasteiger partial charge in [-0.1, -0.05) is 25.1 Å². The monoisotopic (exact) mass is 269 g/mol. The fraction of sp³-hybridized carbons (Fsp3) is 0.353. The SMILES string of the molecule is CCCN(Cc1ccc(N)cc1)Cc1cccc(C)n1. The van der Waals surface area contributed by atoms with Gasteiger partial charge in [0.05, 0.1) is 5.69 Å². The van der Waals surface area contributed by atoms with Gasteiger partial charge in [-0.25, -0.2) is 0 Å². The van der Waals surface area contributed by atoms with Crippen LogP contribution in [-0.2, 0) is 13.1 Å². The van der Waals surface area contributed by atoms with Gasteiger partial charge in [0.25, 0.3) is 0 Å². The van der Waals surface area contributed by atoms with E-state index in [9.17, 15) is 0 Å². The van der Waals surface area contributed by atoms with E-state index in [1.165, 1.54) is 5.56 Å². The summed E-state index contributed by atoms with van der Waals surface area (Å²) in [5.41, 5.74) is 10.0. The zero-order valence-corrected chi connectivity index (χ0v) is 12.3. The number of pyridine rings is 1. The van der Waals surface area contributed by atoms with Crippen molar-refractivity contribution < 1.29 is 0 Å². The largest absolute Gasteiger partial charge is 0.399 e. The van der Waals surface area contributed by atoms with E-state index in [0.29, 0.717) is 0 Å². The number of benzene rings is 1. The molecule has 2 aromatic rings. The van der Waals surface area contributed by atoms with Gasteiger partial charge in [0.2, 0.25) is 0 Å². The van der Waals surface area contributed by atoms with Crippen LogP contribution in [0.15, 0.2) is 42.5 Å². The van der Waals surface area contributed by atoms with Gasteiger partial charge in [-0.05, 0) is 49.7 Å². The molecule has 1 heterocycles. The molecule has 106 valence electrons. The van der Waals surface area contributed by atoms with Crippen LogP contribution in [0.25, 0.3) is 0 Å². The third-order valence-electron chi connectivity index (χ3n) is 3.26. The average Bonchev–Trinajstić information content (AvgIpc) is 2.42. The number of nitrogens with two attached hydrogens (primary N) is 1. The predicted octanol–water partition coefficient (Wildman–Crippen LogP) is 3.38. The van der Waals surface area contributed by atoms with Crippen LogP contribution in [0.3, 0.4) is 0 Å². The van der Waals surface area contributed by atoms with Gasteiger partial charge < -0.3 is 5.73 Å². The lowest BCUT2D eigenvalue weighted by atomic mass is 10.2. The summed E-state index contributed by atoms with van der Waals surface area (Å²) in [5, 5.41) is 0. The maximum Gasteiger partial charge on any atom is 0.0547 e. The fourth-order valence-corrected chi connectivity index (χ4v) is 2.33. The molecule has 1 aromatic carbocycles. The molecule has 0 aliphatic rings. The number of hydrogen-bond acceptors (Lipinski definition) is 3. The van der Waals surface area contributed by atoms with Crippen molar-refractivity contribution in [1.82, 2.24) is 9.88 Å². The fourth-order valence-electron chi connectivity index (χ4n) is 2.33. The van der Waals surface area contributed by atoms with Crippen LogP contribution in [0.5, 0.6) is 0 Å². The molecule has 0 aliphatic heterocycles. The van der Waals surface area contributed by atoms with E-state index in [0.717, 1.165) is 43.1 Å². The first-order valence-electron chi connectivity index (χ1n) is 7.16. The topological polar surface area (TPSA) is 42.1 Å². The van der Waals surface area contributed by atoms with Gasteiger partial charge in [0.15, 0.2) is 0 Å². The zero-order chi connectivity index (χ0) is 14.4. The highest BCUT2D eigenvalue weighted by molar-refractivity contribution is 5.39. The number of anilines is 1. The number of hydrogen-bond donors (Lipinski definition) is 1. The van der Waals surface area contributed by atoms with Crippen LogP contribution in [0.4, 0.5) is 5.69 Å². The third-order valence-corrected chi connectivity index (χ3v) is 3.26. The molecule has 20 heavy (non-hydrogen) atoms. The molecule has 0 aliphatic carbocycles. The normalized spacial score (nSPS) is 10.9. The molecule has 0 radical (unpaired) electrons. The van der Waals surface area contributed by atoms with Gasteiger partial charge in [-0.3, -0.25) is 9.88 Å². The molecule has 3 nitrogen and oxygen atoms in total. The number of nitrogens with zero attached hydrogens (tertiary/aromatic N) is 2. The van der Waals surface area contributed by atoms with E-state index in [1.54, 1.807) is 0 Å². The van der Waals surface area contributed by atoms with Gasteiger partial charge >= 0.3 is 0 Å². The van der Waals surface area contributed by atoms with Crippen molar-refractivity contribution in [2.24, 2.45) is 0 Å². The summed E-state index contributed by atoms with van der Waals surface area (Å²) < 4.78 is 0. The quantitative estimate of drug-likeness (QED) is 0.817. The highest BCUT2D eigenvalue weighted by Gasteiger charge is 2.07. The summed E-state index contributed by atoms with van der Waals surface area (Å²) in [5.74, 6) is 0. The van der Waals surface area contributed by atoms with Crippen molar-refractivity contribution in [3.63, 3.8) is 0 Å². The molecule has 0 spiro atoms. The molecular weight excluding hydrogens is 246 g/mol. The number of rotatable bonds is 6. The minimum atomic E-state index is 0.816. The van der Waals surface area contributed by atoms with Crippen molar-refractivity contribution in [3.8, 4) is 0 Å². The van der Waals surface area contributed by atoms with Gasteiger partial charge in [0, 0.05) is 24.5 Å². The molecule has 0 unspecified atom stereocenters. The average molecular weight is 269 g/mol. The number of nitrogen functional groups attached to an aromatic ring is 1. The molecule has 0 atom stereocenters. The molecule has 0 fully saturated rings. The Bertz CT molecular complexity index is 534. The van der Waals surface area contributed by atoms with E-state index >= 15 is 0 Å². The predicted molar refractivity (Wildman–Crippen MR) is 84.2 cm³/mol. The Hall–Kier alpha value is -1.87. The summed E-state index contributed by atoms with van der Waals surface area (Å²) in [4.78, 5) is 7.01. The smallest absolute Gasteiger partial charge is 0.0547 e. The first-order chi connectivity index (χ1) is 9.67. The lowest BCUT2D eigenvalue weighted by Gasteiger charge is -2.21. The Labute approximate surface area is 121 Å². The Kier molecular flexibility index (Phi) is 5.13. The Balaban J connectivity index is 2.05. The lowest BCUT2D eigenvalue weighted by Crippen LogP contribution is -2.24. The number of aromatic nitrogens is 1. The van der Waals surface area contributed by atoms with Crippen molar-refractivity contribution >= 4 is 5.69 Å². The molecule has 2 N–H and O–H groups in total. The van der Waals surface area contributed by atoms with E-state index in [2.05, 4.69) is 41.1 Å². The van der Waals surface area contributed by atoms with E-state index in [1.807, 2.05) is 25.1 Å². The minimum absolute atomic E-state index is 0.816. The summed E-state index contributed by atoms with van der Waals surface area (Å²) in [6, 6.07) is 14.3. The van der Waals surface area contributed by atoms with Crippen molar-refractivity contribution in [2.75, 3.05) is 12.3 Å². The Morgan fingerprint density at radius 1 is 1.05 bits per heavy atom. The van der Waals surface area contributed by atoms with Crippen LogP contribution in [0.2, 0.25) is 0 Å². The standard InChI is InChI=1S/C17H23N3/c1-3-11-20(12-15-7-9-16(18)10-8-15)13-17-6-4-5-14(2)19-17/h4-10H,3,11-13,18H2,1-2H3. The second-order valence-corrected chi connectivity index (χ2v) is 5.22. The molecule has 0 amide bonds. The molecule has 1 aromatic heterocycles. The maximum absolute atomic E-state index is 5.73. The summed E-state index contributed by atoms with van der Waals surface area (Å²) in [7, 11) is 0. The first-order valence-corrected chi connectivity index (χ1v) is 7.16. The van der Waals surface area contributed by atoms with Crippen molar-refractivity contribution in [3.05, 3.63) is 59.4 Å². The highest BCUT2D eigenvalue weighted by atomic mass is 15.1. The summed E-state index contributed by atoms with van der Waals surface area (Å²) in [6.07, 6.45) is 1.14. The maximum atomic E-state index is 5.73. The van der Waals surface area contributed by atoms with Crippen LogP contribution in [0.1, 0.15) is 30.3 Å². The van der Waals surface area contributed by atoms with Crippen LogP contribution in [-0.4, -0.2) is 16.4 Å². The molecular formula is C17H23N3. The van der Waals surface area contributed by atoms with E-state index < -0.39 is 0 Å². The summed E-state index contributed by atoms with van der Waals surface area (Å²) in [6.45, 7) is 7.14. The second-order valence-electron chi connectivity index (χ2n) is 5.22. The molecule has 0 saturated carbocycles.